The first-order valence-corrected chi connectivity index (χ1v) is 9.05. The van der Waals surface area contributed by atoms with Gasteiger partial charge in [0.15, 0.2) is 5.82 Å². The van der Waals surface area contributed by atoms with Crippen molar-refractivity contribution in [3.63, 3.8) is 0 Å². The first-order chi connectivity index (χ1) is 12.7. The van der Waals surface area contributed by atoms with Crippen molar-refractivity contribution in [3.05, 3.63) is 59.9 Å². The van der Waals surface area contributed by atoms with Crippen LogP contribution >= 0.6 is 0 Å². The Balaban J connectivity index is 1.47. The Morgan fingerprint density at radius 1 is 1.23 bits per heavy atom. The van der Waals surface area contributed by atoms with Gasteiger partial charge in [0.2, 0.25) is 0 Å². The molecule has 1 saturated heterocycles. The van der Waals surface area contributed by atoms with Crippen LogP contribution in [0, 0.1) is 0 Å². The van der Waals surface area contributed by atoms with Gasteiger partial charge in [0.25, 0.3) is 0 Å². The van der Waals surface area contributed by atoms with E-state index in [2.05, 4.69) is 44.5 Å². The van der Waals surface area contributed by atoms with Crippen molar-refractivity contribution in [2.24, 2.45) is 7.05 Å². The fourth-order valence-electron chi connectivity index (χ4n) is 3.76. The van der Waals surface area contributed by atoms with Gasteiger partial charge in [0.05, 0.1) is 5.69 Å². The van der Waals surface area contributed by atoms with E-state index in [9.17, 15) is 5.11 Å². The SMILES string of the molecule is Cn1c(CO)nnc1[C@H]1CCCN(Cc2cccc(-n3cccn3)c2)C1. The molecule has 0 saturated carbocycles. The highest BCUT2D eigenvalue weighted by Crippen LogP contribution is 2.27. The molecule has 3 aromatic rings. The standard InChI is InChI=1S/C19H24N6O/c1-23-18(14-26)21-22-19(23)16-6-3-9-24(13-16)12-15-5-2-7-17(11-15)25-10-4-8-20-25/h2,4-5,7-8,10-11,16,26H,3,6,9,12-14H2,1H3/t16-/m0/s1. The summed E-state index contributed by atoms with van der Waals surface area (Å²) >= 11 is 0. The molecule has 2 aromatic heterocycles. The first kappa shape index (κ1) is 16.9. The third-order valence-corrected chi connectivity index (χ3v) is 5.10. The van der Waals surface area contributed by atoms with Gasteiger partial charge in [-0.05, 0) is 43.1 Å². The second-order valence-electron chi connectivity index (χ2n) is 6.89. The second kappa shape index (κ2) is 7.39. The summed E-state index contributed by atoms with van der Waals surface area (Å²) in [4.78, 5) is 2.48. The minimum atomic E-state index is -0.0693. The molecule has 4 rings (SSSR count). The zero-order chi connectivity index (χ0) is 17.9. The summed E-state index contributed by atoms with van der Waals surface area (Å²) < 4.78 is 3.82. The molecule has 1 aromatic carbocycles. The Morgan fingerprint density at radius 2 is 2.15 bits per heavy atom. The molecule has 136 valence electrons. The molecule has 1 atom stereocenters. The third kappa shape index (κ3) is 3.40. The number of piperidine rings is 1. The van der Waals surface area contributed by atoms with E-state index in [1.165, 1.54) is 5.56 Å². The molecule has 7 heteroatoms. The van der Waals surface area contributed by atoms with Crippen LogP contribution in [-0.4, -0.2) is 47.6 Å². The molecular formula is C19H24N6O. The van der Waals surface area contributed by atoms with Crippen molar-refractivity contribution >= 4 is 0 Å². The molecular weight excluding hydrogens is 328 g/mol. The van der Waals surface area contributed by atoms with Crippen LogP contribution in [0.2, 0.25) is 0 Å². The summed E-state index contributed by atoms with van der Waals surface area (Å²) in [6.07, 6.45) is 6.01. The largest absolute Gasteiger partial charge is 0.388 e. The van der Waals surface area contributed by atoms with E-state index in [-0.39, 0.29) is 6.61 Å². The lowest BCUT2D eigenvalue weighted by atomic mass is 9.96. The van der Waals surface area contributed by atoms with Crippen LogP contribution < -0.4 is 0 Å². The van der Waals surface area contributed by atoms with Gasteiger partial charge in [0.1, 0.15) is 12.4 Å². The minimum absolute atomic E-state index is 0.0693. The van der Waals surface area contributed by atoms with E-state index >= 15 is 0 Å². The quantitative estimate of drug-likeness (QED) is 0.759. The number of benzene rings is 1. The summed E-state index contributed by atoms with van der Waals surface area (Å²) in [6.45, 7) is 2.90. The average molecular weight is 352 g/mol. The normalized spacial score (nSPS) is 18.3. The van der Waals surface area contributed by atoms with Crippen LogP contribution in [0.5, 0.6) is 0 Å². The molecule has 3 heterocycles. The number of hydrogen-bond acceptors (Lipinski definition) is 5. The fraction of sp³-hybridized carbons (Fsp3) is 0.421. The number of rotatable bonds is 5. The predicted octanol–water partition coefficient (Wildman–Crippen LogP) is 1.87. The van der Waals surface area contributed by atoms with Crippen molar-refractivity contribution < 1.29 is 5.11 Å². The fourth-order valence-corrected chi connectivity index (χ4v) is 3.76. The van der Waals surface area contributed by atoms with E-state index in [0.717, 1.165) is 44.0 Å². The zero-order valence-electron chi connectivity index (χ0n) is 15.0. The van der Waals surface area contributed by atoms with E-state index < -0.39 is 0 Å². The number of aromatic nitrogens is 5. The maximum atomic E-state index is 9.34. The number of nitrogens with zero attached hydrogens (tertiary/aromatic N) is 6. The minimum Gasteiger partial charge on any atom is -0.388 e. The molecule has 0 aliphatic carbocycles. The Hall–Kier alpha value is -2.51. The van der Waals surface area contributed by atoms with Gasteiger partial charge >= 0.3 is 0 Å². The monoisotopic (exact) mass is 352 g/mol. The van der Waals surface area contributed by atoms with Gasteiger partial charge in [-0.3, -0.25) is 4.90 Å². The molecule has 0 bridgehead atoms. The smallest absolute Gasteiger partial charge is 0.158 e. The summed E-state index contributed by atoms with van der Waals surface area (Å²) in [7, 11) is 1.94. The molecule has 1 aliphatic rings. The van der Waals surface area contributed by atoms with E-state index in [1.54, 1.807) is 6.20 Å². The van der Waals surface area contributed by atoms with Crippen LogP contribution in [0.1, 0.15) is 36.0 Å². The van der Waals surface area contributed by atoms with Gasteiger partial charge in [0, 0.05) is 38.4 Å². The molecule has 1 N–H and O–H groups in total. The van der Waals surface area contributed by atoms with Crippen LogP contribution in [0.15, 0.2) is 42.7 Å². The Morgan fingerprint density at radius 3 is 2.92 bits per heavy atom. The molecule has 1 fully saturated rings. The van der Waals surface area contributed by atoms with Gasteiger partial charge in [-0.25, -0.2) is 4.68 Å². The van der Waals surface area contributed by atoms with Crippen LogP contribution in [0.4, 0.5) is 0 Å². The maximum absolute atomic E-state index is 9.34. The molecule has 0 spiro atoms. The van der Waals surface area contributed by atoms with Crippen molar-refractivity contribution in [2.75, 3.05) is 13.1 Å². The van der Waals surface area contributed by atoms with Crippen molar-refractivity contribution in [1.82, 2.24) is 29.4 Å². The van der Waals surface area contributed by atoms with E-state index in [0.29, 0.717) is 11.7 Å². The summed E-state index contributed by atoms with van der Waals surface area (Å²) in [5, 5.41) is 22.1. The average Bonchev–Trinajstić information content (AvgIpc) is 3.32. The second-order valence-corrected chi connectivity index (χ2v) is 6.89. The van der Waals surface area contributed by atoms with E-state index in [4.69, 9.17) is 0 Å². The molecule has 7 nitrogen and oxygen atoms in total. The molecule has 0 unspecified atom stereocenters. The lowest BCUT2D eigenvalue weighted by molar-refractivity contribution is 0.194. The number of aliphatic hydroxyl groups excluding tert-OH is 1. The highest BCUT2D eigenvalue weighted by Gasteiger charge is 2.25. The van der Waals surface area contributed by atoms with Gasteiger partial charge < -0.3 is 9.67 Å². The molecule has 0 amide bonds. The van der Waals surface area contributed by atoms with Crippen molar-refractivity contribution in [1.29, 1.82) is 0 Å². The highest BCUT2D eigenvalue weighted by molar-refractivity contribution is 5.35. The Kier molecular flexibility index (Phi) is 4.81. The number of likely N-dealkylation sites (tertiary alicyclic amines) is 1. The third-order valence-electron chi connectivity index (χ3n) is 5.10. The molecule has 1 aliphatic heterocycles. The number of hydrogen-bond donors (Lipinski definition) is 1. The van der Waals surface area contributed by atoms with Crippen molar-refractivity contribution in [2.45, 2.75) is 31.9 Å². The van der Waals surface area contributed by atoms with Gasteiger partial charge in [-0.15, -0.1) is 10.2 Å². The Labute approximate surface area is 152 Å². The van der Waals surface area contributed by atoms with E-state index in [1.807, 2.05) is 28.6 Å². The van der Waals surface area contributed by atoms with Gasteiger partial charge in [-0.1, -0.05) is 12.1 Å². The lowest BCUT2D eigenvalue weighted by Crippen LogP contribution is -2.34. The lowest BCUT2D eigenvalue weighted by Gasteiger charge is -2.32. The highest BCUT2D eigenvalue weighted by atomic mass is 16.3. The van der Waals surface area contributed by atoms with Gasteiger partial charge in [-0.2, -0.15) is 5.10 Å². The zero-order valence-corrected chi connectivity index (χ0v) is 15.0. The van der Waals surface area contributed by atoms with Crippen LogP contribution in [-0.2, 0) is 20.2 Å². The van der Waals surface area contributed by atoms with Crippen LogP contribution in [0.25, 0.3) is 5.69 Å². The summed E-state index contributed by atoms with van der Waals surface area (Å²) in [5.41, 5.74) is 2.37. The van der Waals surface area contributed by atoms with Crippen molar-refractivity contribution in [3.8, 4) is 5.69 Å². The molecule has 0 radical (unpaired) electrons. The number of aliphatic hydroxyl groups is 1. The van der Waals surface area contributed by atoms with Crippen LogP contribution in [0.3, 0.4) is 0 Å². The summed E-state index contributed by atoms with van der Waals surface area (Å²) in [6, 6.07) is 10.5. The summed E-state index contributed by atoms with van der Waals surface area (Å²) in [5.74, 6) is 1.96. The predicted molar refractivity (Wildman–Crippen MR) is 97.7 cm³/mol. The Bertz CT molecular complexity index is 857. The first-order valence-electron chi connectivity index (χ1n) is 9.05. The topological polar surface area (TPSA) is 72.0 Å². The maximum Gasteiger partial charge on any atom is 0.158 e. The molecule has 26 heavy (non-hydrogen) atoms.